The first-order valence-electron chi connectivity index (χ1n) is 7.65. The van der Waals surface area contributed by atoms with Crippen LogP contribution in [0.1, 0.15) is 36.5 Å². The number of guanidine groups is 1. The summed E-state index contributed by atoms with van der Waals surface area (Å²) in [6, 6.07) is 6.83. The van der Waals surface area contributed by atoms with Gasteiger partial charge >= 0.3 is 0 Å². The zero-order valence-corrected chi connectivity index (χ0v) is 16.8. The summed E-state index contributed by atoms with van der Waals surface area (Å²) in [7, 11) is 1.74. The smallest absolute Gasteiger partial charge is 0.251 e. The molecule has 0 aromatic heterocycles. The number of nitrogens with zero attached hydrogens (tertiary/aromatic N) is 1. The second-order valence-electron chi connectivity index (χ2n) is 4.90. The van der Waals surface area contributed by atoms with Gasteiger partial charge in [0.1, 0.15) is 0 Å². The van der Waals surface area contributed by atoms with Crippen molar-refractivity contribution in [3.05, 3.63) is 34.9 Å². The Bertz CT molecular complexity index is 479. The van der Waals surface area contributed by atoms with E-state index in [1.165, 1.54) is 12.8 Å². The number of aliphatic imine (C=N–C) groups is 1. The van der Waals surface area contributed by atoms with Crippen molar-refractivity contribution < 1.29 is 4.79 Å². The zero-order valence-electron chi connectivity index (χ0n) is 13.7. The van der Waals surface area contributed by atoms with Gasteiger partial charge in [-0.3, -0.25) is 9.79 Å². The lowest BCUT2D eigenvalue weighted by molar-refractivity contribution is 0.0954. The van der Waals surface area contributed by atoms with Crippen LogP contribution < -0.4 is 16.0 Å². The summed E-state index contributed by atoms with van der Waals surface area (Å²) in [6.07, 6.45) is 3.54. The molecule has 0 aliphatic heterocycles. The van der Waals surface area contributed by atoms with Crippen molar-refractivity contribution in [3.8, 4) is 0 Å². The number of nitrogens with one attached hydrogen (secondary N) is 3. The van der Waals surface area contributed by atoms with Crippen molar-refractivity contribution in [2.24, 2.45) is 4.99 Å². The molecule has 0 radical (unpaired) electrons. The molecule has 0 unspecified atom stereocenters. The first-order valence-corrected chi connectivity index (χ1v) is 8.03. The number of rotatable bonds is 8. The number of benzene rings is 1. The Kier molecular flexibility index (Phi) is 12.8. The maximum atomic E-state index is 11.9. The van der Waals surface area contributed by atoms with Gasteiger partial charge in [-0.15, -0.1) is 24.0 Å². The zero-order chi connectivity index (χ0) is 16.2. The second-order valence-corrected chi connectivity index (χ2v) is 5.33. The molecule has 23 heavy (non-hydrogen) atoms. The van der Waals surface area contributed by atoms with Crippen molar-refractivity contribution >= 4 is 47.4 Å². The summed E-state index contributed by atoms with van der Waals surface area (Å²) in [5.74, 6) is 0.654. The van der Waals surface area contributed by atoms with Gasteiger partial charge < -0.3 is 16.0 Å². The molecule has 0 atom stereocenters. The fourth-order valence-corrected chi connectivity index (χ4v) is 1.99. The Balaban J connectivity index is 0.00000484. The number of carbonyl (C=O) groups is 1. The first-order chi connectivity index (χ1) is 10.7. The average Bonchev–Trinajstić information content (AvgIpc) is 2.53. The largest absolute Gasteiger partial charge is 0.356 e. The molecule has 5 nitrogen and oxygen atoms in total. The van der Waals surface area contributed by atoms with E-state index in [-0.39, 0.29) is 29.9 Å². The second kappa shape index (κ2) is 13.4. The van der Waals surface area contributed by atoms with Gasteiger partial charge in [0.05, 0.1) is 0 Å². The molecule has 130 valence electrons. The van der Waals surface area contributed by atoms with Gasteiger partial charge in [0, 0.05) is 37.3 Å². The summed E-state index contributed by atoms with van der Waals surface area (Å²) in [6.45, 7) is 4.23. The van der Waals surface area contributed by atoms with Crippen LogP contribution in [0.3, 0.4) is 0 Å². The highest BCUT2D eigenvalue weighted by molar-refractivity contribution is 14.0. The van der Waals surface area contributed by atoms with Crippen LogP contribution in [0.2, 0.25) is 5.02 Å². The third-order valence-corrected chi connectivity index (χ3v) is 3.36. The molecule has 0 saturated carbocycles. The van der Waals surface area contributed by atoms with Crippen LogP contribution in [0.15, 0.2) is 29.3 Å². The minimum absolute atomic E-state index is 0. The van der Waals surface area contributed by atoms with Crippen molar-refractivity contribution in [2.45, 2.75) is 26.2 Å². The van der Waals surface area contributed by atoms with E-state index in [1.807, 2.05) is 0 Å². The standard InChI is InChI=1S/C16H25ClN4O.HI/c1-3-4-5-10-20-16(18-2)21-12-11-19-15(22)13-6-8-14(17)9-7-13;/h6-9H,3-5,10-12H2,1-2H3,(H,19,22)(H2,18,20,21);1H. The maximum Gasteiger partial charge on any atom is 0.251 e. The van der Waals surface area contributed by atoms with E-state index in [1.54, 1.807) is 31.3 Å². The Morgan fingerprint density at radius 3 is 2.26 bits per heavy atom. The molecule has 0 aliphatic carbocycles. The lowest BCUT2D eigenvalue weighted by atomic mass is 10.2. The fourth-order valence-electron chi connectivity index (χ4n) is 1.86. The van der Waals surface area contributed by atoms with E-state index in [2.05, 4.69) is 27.9 Å². The van der Waals surface area contributed by atoms with Crippen molar-refractivity contribution in [1.82, 2.24) is 16.0 Å². The Labute approximate surface area is 160 Å². The topological polar surface area (TPSA) is 65.5 Å². The van der Waals surface area contributed by atoms with Crippen LogP contribution in [0.4, 0.5) is 0 Å². The summed E-state index contributed by atoms with van der Waals surface area (Å²) in [4.78, 5) is 16.0. The SMILES string of the molecule is CCCCCNC(=NC)NCCNC(=O)c1ccc(Cl)cc1.I. The van der Waals surface area contributed by atoms with Gasteiger partial charge in [-0.2, -0.15) is 0 Å². The number of halogens is 2. The maximum absolute atomic E-state index is 11.9. The quantitative estimate of drug-likeness (QED) is 0.246. The normalized spacial score (nSPS) is 10.7. The number of hydrogen-bond donors (Lipinski definition) is 3. The van der Waals surface area contributed by atoms with Crippen molar-refractivity contribution in [3.63, 3.8) is 0 Å². The predicted octanol–water partition coefficient (Wildman–Crippen LogP) is 3.04. The Hall–Kier alpha value is -1.02. The Morgan fingerprint density at radius 1 is 1.04 bits per heavy atom. The summed E-state index contributed by atoms with van der Waals surface area (Å²) in [5, 5.41) is 9.88. The molecule has 0 bridgehead atoms. The van der Waals surface area contributed by atoms with E-state index in [0.29, 0.717) is 23.7 Å². The highest BCUT2D eigenvalue weighted by Gasteiger charge is 2.04. The fraction of sp³-hybridized carbons (Fsp3) is 0.500. The number of unbranched alkanes of at least 4 members (excludes halogenated alkanes) is 2. The number of hydrogen-bond acceptors (Lipinski definition) is 2. The summed E-state index contributed by atoms with van der Waals surface area (Å²) in [5.41, 5.74) is 0.603. The molecule has 0 aliphatic rings. The average molecular weight is 453 g/mol. The highest BCUT2D eigenvalue weighted by atomic mass is 127. The summed E-state index contributed by atoms with van der Waals surface area (Å²) >= 11 is 5.79. The molecular weight excluding hydrogens is 427 g/mol. The van der Waals surface area contributed by atoms with Gasteiger partial charge in [0.2, 0.25) is 0 Å². The molecular formula is C16H26ClIN4O. The number of carbonyl (C=O) groups excluding carboxylic acids is 1. The molecule has 3 N–H and O–H groups in total. The van der Waals surface area contributed by atoms with Gasteiger partial charge in [-0.05, 0) is 30.7 Å². The van der Waals surface area contributed by atoms with E-state index >= 15 is 0 Å². The molecule has 1 rings (SSSR count). The van der Waals surface area contributed by atoms with Gasteiger partial charge in [-0.25, -0.2) is 0 Å². The third-order valence-electron chi connectivity index (χ3n) is 3.11. The monoisotopic (exact) mass is 452 g/mol. The predicted molar refractivity (Wildman–Crippen MR) is 108 cm³/mol. The van der Waals surface area contributed by atoms with Crippen LogP contribution in [-0.2, 0) is 0 Å². The van der Waals surface area contributed by atoms with E-state index in [0.717, 1.165) is 18.9 Å². The minimum Gasteiger partial charge on any atom is -0.356 e. The van der Waals surface area contributed by atoms with Crippen molar-refractivity contribution in [1.29, 1.82) is 0 Å². The molecule has 0 fully saturated rings. The molecule has 1 aromatic rings. The van der Waals surface area contributed by atoms with Crippen LogP contribution in [0, 0.1) is 0 Å². The lowest BCUT2D eigenvalue weighted by Crippen LogP contribution is -2.41. The molecule has 0 heterocycles. The van der Waals surface area contributed by atoms with E-state index in [4.69, 9.17) is 11.6 Å². The van der Waals surface area contributed by atoms with Gasteiger partial charge in [0.15, 0.2) is 5.96 Å². The molecule has 0 saturated heterocycles. The minimum atomic E-state index is -0.107. The Morgan fingerprint density at radius 2 is 1.65 bits per heavy atom. The van der Waals surface area contributed by atoms with Crippen molar-refractivity contribution in [2.75, 3.05) is 26.7 Å². The molecule has 7 heteroatoms. The van der Waals surface area contributed by atoms with Crippen LogP contribution in [-0.4, -0.2) is 38.5 Å². The molecule has 1 aromatic carbocycles. The van der Waals surface area contributed by atoms with Crippen LogP contribution in [0.5, 0.6) is 0 Å². The molecule has 1 amide bonds. The number of amides is 1. The highest BCUT2D eigenvalue weighted by Crippen LogP contribution is 2.09. The molecule has 0 spiro atoms. The first kappa shape index (κ1) is 22.0. The van der Waals surface area contributed by atoms with Gasteiger partial charge in [-0.1, -0.05) is 31.4 Å². The van der Waals surface area contributed by atoms with Crippen LogP contribution in [0.25, 0.3) is 0 Å². The van der Waals surface area contributed by atoms with E-state index in [9.17, 15) is 4.79 Å². The summed E-state index contributed by atoms with van der Waals surface area (Å²) < 4.78 is 0. The lowest BCUT2D eigenvalue weighted by Gasteiger charge is -2.12. The van der Waals surface area contributed by atoms with Gasteiger partial charge in [0.25, 0.3) is 5.91 Å². The van der Waals surface area contributed by atoms with Crippen LogP contribution >= 0.6 is 35.6 Å². The third kappa shape index (κ3) is 9.65. The van der Waals surface area contributed by atoms with E-state index < -0.39 is 0 Å².